The van der Waals surface area contributed by atoms with E-state index in [-0.39, 0.29) is 0 Å². The van der Waals surface area contributed by atoms with Crippen molar-refractivity contribution in [2.24, 2.45) is 5.92 Å². The zero-order valence-electron chi connectivity index (χ0n) is 12.2. The first kappa shape index (κ1) is 14.3. The number of piperazine rings is 1. The lowest BCUT2D eigenvalue weighted by Gasteiger charge is -2.36. The third-order valence-corrected chi connectivity index (χ3v) is 4.08. The molecule has 0 amide bonds. The molecule has 4 nitrogen and oxygen atoms in total. The van der Waals surface area contributed by atoms with Gasteiger partial charge in [0.25, 0.3) is 0 Å². The van der Waals surface area contributed by atoms with E-state index in [1.807, 2.05) is 7.11 Å². The summed E-state index contributed by atoms with van der Waals surface area (Å²) in [5.41, 5.74) is 0. The van der Waals surface area contributed by atoms with Crippen molar-refractivity contribution in [2.75, 3.05) is 52.9 Å². The predicted octanol–water partition coefficient (Wildman–Crippen LogP) is 0.637. The van der Waals surface area contributed by atoms with Crippen LogP contribution in [0.1, 0.15) is 20.3 Å². The van der Waals surface area contributed by atoms with E-state index in [1.54, 1.807) is 0 Å². The molecule has 0 aliphatic carbocycles. The van der Waals surface area contributed by atoms with Crippen molar-refractivity contribution < 1.29 is 4.74 Å². The molecule has 0 saturated carbocycles. The summed E-state index contributed by atoms with van der Waals surface area (Å²) in [5.74, 6) is 0.788. The van der Waals surface area contributed by atoms with Crippen molar-refractivity contribution in [3.8, 4) is 0 Å². The number of ether oxygens (including phenoxy) is 1. The normalized spacial score (nSPS) is 31.3. The van der Waals surface area contributed by atoms with Gasteiger partial charge in [-0.3, -0.25) is 4.90 Å². The summed E-state index contributed by atoms with van der Waals surface area (Å²) < 4.78 is 5.40. The molecular formula is C14H29N3O. The second-order valence-corrected chi connectivity index (χ2v) is 6.19. The fourth-order valence-corrected chi connectivity index (χ4v) is 3.08. The molecule has 0 aromatic rings. The third-order valence-electron chi connectivity index (χ3n) is 4.08. The Labute approximate surface area is 112 Å². The van der Waals surface area contributed by atoms with Crippen LogP contribution in [-0.4, -0.2) is 74.9 Å². The number of nitrogens with one attached hydrogen (secondary N) is 1. The zero-order chi connectivity index (χ0) is 13.0. The van der Waals surface area contributed by atoms with Crippen LogP contribution in [0.15, 0.2) is 0 Å². The summed E-state index contributed by atoms with van der Waals surface area (Å²) in [5, 5.41) is 3.57. The number of hydrogen-bond acceptors (Lipinski definition) is 4. The Kier molecular flexibility index (Phi) is 5.42. The molecule has 18 heavy (non-hydrogen) atoms. The minimum absolute atomic E-state index is 0.428. The number of nitrogens with zero attached hydrogens (tertiary/aromatic N) is 2. The predicted molar refractivity (Wildman–Crippen MR) is 74.9 cm³/mol. The van der Waals surface area contributed by atoms with Crippen LogP contribution in [0.5, 0.6) is 0 Å². The van der Waals surface area contributed by atoms with Gasteiger partial charge in [-0.15, -0.1) is 0 Å². The highest BCUT2D eigenvalue weighted by molar-refractivity contribution is 4.86. The lowest BCUT2D eigenvalue weighted by molar-refractivity contribution is 0.104. The number of methoxy groups -OCH3 is 1. The fourth-order valence-electron chi connectivity index (χ4n) is 3.08. The highest BCUT2D eigenvalue weighted by Crippen LogP contribution is 2.12. The van der Waals surface area contributed by atoms with Gasteiger partial charge >= 0.3 is 0 Å². The molecule has 2 aliphatic rings. The van der Waals surface area contributed by atoms with E-state index in [9.17, 15) is 0 Å². The Hall–Kier alpha value is -0.160. The van der Waals surface area contributed by atoms with Gasteiger partial charge in [-0.2, -0.15) is 0 Å². The molecular weight excluding hydrogens is 226 g/mol. The minimum Gasteiger partial charge on any atom is -0.380 e. The maximum atomic E-state index is 5.40. The van der Waals surface area contributed by atoms with Crippen LogP contribution in [-0.2, 0) is 4.74 Å². The molecule has 0 bridgehead atoms. The molecule has 0 aromatic carbocycles. The monoisotopic (exact) mass is 255 g/mol. The van der Waals surface area contributed by atoms with Crippen molar-refractivity contribution in [1.82, 2.24) is 15.1 Å². The van der Waals surface area contributed by atoms with Gasteiger partial charge in [-0.05, 0) is 12.3 Å². The van der Waals surface area contributed by atoms with Crippen LogP contribution in [0.2, 0.25) is 0 Å². The van der Waals surface area contributed by atoms with E-state index < -0.39 is 0 Å². The molecule has 0 unspecified atom stereocenters. The van der Waals surface area contributed by atoms with Gasteiger partial charge in [-0.25, -0.2) is 0 Å². The van der Waals surface area contributed by atoms with E-state index >= 15 is 0 Å². The molecule has 106 valence electrons. The summed E-state index contributed by atoms with van der Waals surface area (Å²) >= 11 is 0. The van der Waals surface area contributed by atoms with Crippen LogP contribution in [0.3, 0.4) is 0 Å². The maximum Gasteiger partial charge on any atom is 0.0711 e. The van der Waals surface area contributed by atoms with Gasteiger partial charge in [0.05, 0.1) is 6.10 Å². The Morgan fingerprint density at radius 1 is 1.17 bits per heavy atom. The van der Waals surface area contributed by atoms with Crippen molar-refractivity contribution in [1.29, 1.82) is 0 Å². The smallest absolute Gasteiger partial charge is 0.0711 e. The van der Waals surface area contributed by atoms with E-state index in [0.29, 0.717) is 12.1 Å². The van der Waals surface area contributed by atoms with Gasteiger partial charge in [0, 0.05) is 59.0 Å². The summed E-state index contributed by atoms with van der Waals surface area (Å²) in [7, 11) is 1.82. The van der Waals surface area contributed by atoms with Gasteiger partial charge in [-0.1, -0.05) is 13.8 Å². The molecule has 4 heteroatoms. The first-order valence-electron chi connectivity index (χ1n) is 7.38. The minimum atomic E-state index is 0.428. The quantitative estimate of drug-likeness (QED) is 0.780. The molecule has 2 saturated heterocycles. The van der Waals surface area contributed by atoms with Gasteiger partial charge in [0.1, 0.15) is 0 Å². The zero-order valence-corrected chi connectivity index (χ0v) is 12.2. The number of rotatable bonds is 5. The average Bonchev–Trinajstić information content (AvgIpc) is 2.79. The molecule has 1 N–H and O–H groups in total. The van der Waals surface area contributed by atoms with E-state index in [0.717, 1.165) is 12.5 Å². The third kappa shape index (κ3) is 4.19. The Morgan fingerprint density at radius 3 is 2.39 bits per heavy atom. The van der Waals surface area contributed by atoms with Crippen molar-refractivity contribution in [3.63, 3.8) is 0 Å². The summed E-state index contributed by atoms with van der Waals surface area (Å²) in [6.07, 6.45) is 1.60. The summed E-state index contributed by atoms with van der Waals surface area (Å²) in [6.45, 7) is 13.0. The molecule has 2 rings (SSSR count). The first-order valence-corrected chi connectivity index (χ1v) is 7.38. The second kappa shape index (κ2) is 6.85. The van der Waals surface area contributed by atoms with Crippen molar-refractivity contribution in [3.05, 3.63) is 0 Å². The maximum absolute atomic E-state index is 5.40. The summed E-state index contributed by atoms with van der Waals surface area (Å²) in [4.78, 5) is 5.20. The van der Waals surface area contributed by atoms with Crippen LogP contribution >= 0.6 is 0 Å². The highest BCUT2D eigenvalue weighted by Gasteiger charge is 2.26. The lowest BCUT2D eigenvalue weighted by Crippen LogP contribution is -2.50. The largest absolute Gasteiger partial charge is 0.380 e. The molecule has 0 aromatic heterocycles. The molecule has 0 spiro atoms. The lowest BCUT2D eigenvalue weighted by atomic mass is 10.1. The van der Waals surface area contributed by atoms with E-state index in [4.69, 9.17) is 4.74 Å². The topological polar surface area (TPSA) is 27.7 Å². The SMILES string of the molecule is CO[C@@H]1CN[C@H](CN2CCN(CC(C)C)CC2)C1. The Morgan fingerprint density at radius 2 is 1.83 bits per heavy atom. The molecule has 2 heterocycles. The van der Waals surface area contributed by atoms with Gasteiger partial charge in [0.15, 0.2) is 0 Å². The highest BCUT2D eigenvalue weighted by atomic mass is 16.5. The van der Waals surface area contributed by atoms with Crippen LogP contribution in [0.4, 0.5) is 0 Å². The van der Waals surface area contributed by atoms with Gasteiger partial charge < -0.3 is 15.0 Å². The van der Waals surface area contributed by atoms with Crippen molar-refractivity contribution >= 4 is 0 Å². The van der Waals surface area contributed by atoms with Crippen LogP contribution in [0.25, 0.3) is 0 Å². The Bertz CT molecular complexity index is 239. The molecule has 2 aliphatic heterocycles. The van der Waals surface area contributed by atoms with E-state index in [1.165, 1.54) is 45.7 Å². The molecule has 2 fully saturated rings. The molecule has 0 radical (unpaired) electrons. The van der Waals surface area contributed by atoms with Crippen molar-refractivity contribution in [2.45, 2.75) is 32.4 Å². The fraction of sp³-hybridized carbons (Fsp3) is 1.00. The molecule has 2 atom stereocenters. The van der Waals surface area contributed by atoms with Crippen LogP contribution in [0, 0.1) is 5.92 Å². The van der Waals surface area contributed by atoms with Crippen LogP contribution < -0.4 is 5.32 Å². The second-order valence-electron chi connectivity index (χ2n) is 6.19. The number of hydrogen-bond donors (Lipinski definition) is 1. The van der Waals surface area contributed by atoms with Gasteiger partial charge in [0.2, 0.25) is 0 Å². The van der Waals surface area contributed by atoms with E-state index in [2.05, 4.69) is 29.0 Å². The summed E-state index contributed by atoms with van der Waals surface area (Å²) in [6, 6.07) is 0.631. The first-order chi connectivity index (χ1) is 8.67. The average molecular weight is 255 g/mol. The standard InChI is InChI=1S/C14H29N3O/c1-12(2)10-16-4-6-17(7-5-16)11-13-8-14(18-3)9-15-13/h12-15H,4-11H2,1-3H3/t13-,14-/m0/s1. The Balaban J connectivity index is 1.65.